The Kier molecular flexibility index (Phi) is 6.57. The fourth-order valence-electron chi connectivity index (χ4n) is 2.46. The van der Waals surface area contributed by atoms with E-state index in [0.29, 0.717) is 0 Å². The third-order valence-electron chi connectivity index (χ3n) is 3.50. The first-order valence-electron chi connectivity index (χ1n) is 7.86. The Morgan fingerprint density at radius 1 is 1.04 bits per heavy atom. The molecular formula is C20H23NO2. The Labute approximate surface area is 138 Å². The topological polar surface area (TPSA) is 38.3 Å². The van der Waals surface area contributed by atoms with Crippen molar-refractivity contribution in [2.24, 2.45) is 0 Å². The maximum absolute atomic E-state index is 12.0. The second-order valence-corrected chi connectivity index (χ2v) is 5.36. The van der Waals surface area contributed by atoms with Crippen molar-refractivity contribution in [1.29, 1.82) is 0 Å². The minimum atomic E-state index is -0.257. The molecule has 120 valence electrons. The first-order valence-corrected chi connectivity index (χ1v) is 7.86. The highest BCUT2D eigenvalue weighted by Crippen LogP contribution is 2.21. The zero-order chi connectivity index (χ0) is 16.5. The highest BCUT2D eigenvalue weighted by atomic mass is 16.5. The summed E-state index contributed by atoms with van der Waals surface area (Å²) in [5.41, 5.74) is 2.24. The standard InChI is InChI=1S/C20H23NO2/c1-3-10-16(2)23-19(22)15-21-20(17-11-6-4-7-12-17)18-13-8-5-9-14-18/h3-14,16,20-21H,15H2,1-2H3. The minimum absolute atomic E-state index is 0.0398. The van der Waals surface area contributed by atoms with Gasteiger partial charge in [0.05, 0.1) is 12.6 Å². The van der Waals surface area contributed by atoms with E-state index in [1.54, 1.807) is 0 Å². The molecule has 3 nitrogen and oxygen atoms in total. The zero-order valence-corrected chi connectivity index (χ0v) is 13.6. The molecule has 0 amide bonds. The van der Waals surface area contributed by atoms with Crippen molar-refractivity contribution < 1.29 is 9.53 Å². The number of benzene rings is 2. The van der Waals surface area contributed by atoms with Crippen LogP contribution in [0, 0.1) is 0 Å². The molecule has 0 aromatic heterocycles. The zero-order valence-electron chi connectivity index (χ0n) is 13.6. The average Bonchev–Trinajstić information content (AvgIpc) is 2.57. The molecule has 0 saturated carbocycles. The highest BCUT2D eigenvalue weighted by Gasteiger charge is 2.15. The maximum Gasteiger partial charge on any atom is 0.320 e. The van der Waals surface area contributed by atoms with Crippen LogP contribution in [0.4, 0.5) is 0 Å². The molecular weight excluding hydrogens is 286 g/mol. The Morgan fingerprint density at radius 2 is 1.57 bits per heavy atom. The van der Waals surface area contributed by atoms with Gasteiger partial charge in [-0.1, -0.05) is 66.7 Å². The third kappa shape index (κ3) is 5.38. The first-order chi connectivity index (χ1) is 11.2. The van der Waals surface area contributed by atoms with E-state index < -0.39 is 0 Å². The number of hydrogen-bond donors (Lipinski definition) is 1. The summed E-state index contributed by atoms with van der Waals surface area (Å²) in [5, 5.41) is 3.30. The summed E-state index contributed by atoms with van der Waals surface area (Å²) in [7, 11) is 0. The van der Waals surface area contributed by atoms with Crippen molar-refractivity contribution in [3.63, 3.8) is 0 Å². The van der Waals surface area contributed by atoms with E-state index in [1.165, 1.54) is 0 Å². The molecule has 0 heterocycles. The fraction of sp³-hybridized carbons (Fsp3) is 0.250. The van der Waals surface area contributed by atoms with Gasteiger partial charge in [-0.2, -0.15) is 0 Å². The summed E-state index contributed by atoms with van der Waals surface area (Å²) in [5.74, 6) is -0.257. The van der Waals surface area contributed by atoms with Crippen LogP contribution in [0.2, 0.25) is 0 Å². The predicted molar refractivity (Wildman–Crippen MR) is 93.1 cm³/mol. The summed E-state index contributed by atoms with van der Waals surface area (Å²) >= 11 is 0. The van der Waals surface area contributed by atoms with Crippen LogP contribution in [-0.4, -0.2) is 18.6 Å². The van der Waals surface area contributed by atoms with Crippen LogP contribution in [0.15, 0.2) is 72.8 Å². The van der Waals surface area contributed by atoms with E-state index >= 15 is 0 Å². The Hall–Kier alpha value is -2.39. The van der Waals surface area contributed by atoms with Gasteiger partial charge < -0.3 is 4.74 Å². The van der Waals surface area contributed by atoms with Crippen LogP contribution in [-0.2, 0) is 9.53 Å². The molecule has 2 aromatic rings. The third-order valence-corrected chi connectivity index (χ3v) is 3.50. The van der Waals surface area contributed by atoms with Crippen LogP contribution >= 0.6 is 0 Å². The Bertz CT molecular complexity index is 583. The minimum Gasteiger partial charge on any atom is -0.457 e. The monoisotopic (exact) mass is 309 g/mol. The van der Waals surface area contributed by atoms with Crippen molar-refractivity contribution in [2.75, 3.05) is 6.54 Å². The van der Waals surface area contributed by atoms with Crippen LogP contribution in [0.5, 0.6) is 0 Å². The molecule has 0 bridgehead atoms. The summed E-state index contributed by atoms with van der Waals surface area (Å²) in [6.07, 6.45) is 3.52. The van der Waals surface area contributed by atoms with Crippen LogP contribution < -0.4 is 5.32 Å². The molecule has 2 rings (SSSR count). The molecule has 0 saturated heterocycles. The van der Waals surface area contributed by atoms with E-state index in [4.69, 9.17) is 4.74 Å². The predicted octanol–water partition coefficient (Wildman–Crippen LogP) is 3.87. The molecule has 0 aliphatic carbocycles. The number of allylic oxidation sites excluding steroid dienone is 1. The molecule has 1 unspecified atom stereocenters. The van der Waals surface area contributed by atoms with E-state index in [9.17, 15) is 4.79 Å². The lowest BCUT2D eigenvalue weighted by Gasteiger charge is -2.20. The van der Waals surface area contributed by atoms with Crippen molar-refractivity contribution in [3.8, 4) is 0 Å². The molecule has 1 atom stereocenters. The van der Waals surface area contributed by atoms with Gasteiger partial charge in [0, 0.05) is 0 Å². The summed E-state index contributed by atoms with van der Waals surface area (Å²) < 4.78 is 5.32. The van der Waals surface area contributed by atoms with Gasteiger partial charge in [0.25, 0.3) is 0 Å². The van der Waals surface area contributed by atoms with Gasteiger partial charge in [0.15, 0.2) is 0 Å². The fourth-order valence-corrected chi connectivity index (χ4v) is 2.46. The summed E-state index contributed by atoms with van der Waals surface area (Å²) in [6.45, 7) is 3.92. The molecule has 0 radical (unpaired) electrons. The lowest BCUT2D eigenvalue weighted by atomic mass is 9.99. The lowest BCUT2D eigenvalue weighted by Crippen LogP contribution is -2.30. The Balaban J connectivity index is 2.06. The van der Waals surface area contributed by atoms with Gasteiger partial charge >= 0.3 is 5.97 Å². The number of carbonyl (C=O) groups excluding carboxylic acids is 1. The maximum atomic E-state index is 12.0. The van der Waals surface area contributed by atoms with Gasteiger partial charge in [-0.15, -0.1) is 0 Å². The number of esters is 1. The molecule has 23 heavy (non-hydrogen) atoms. The smallest absolute Gasteiger partial charge is 0.320 e. The van der Waals surface area contributed by atoms with E-state index in [-0.39, 0.29) is 24.7 Å². The van der Waals surface area contributed by atoms with Gasteiger partial charge in [0.1, 0.15) is 6.10 Å². The van der Waals surface area contributed by atoms with Crippen molar-refractivity contribution in [2.45, 2.75) is 26.0 Å². The SMILES string of the molecule is CC=CC(C)OC(=O)CNC(c1ccccc1)c1ccccc1. The van der Waals surface area contributed by atoms with E-state index in [1.807, 2.05) is 62.4 Å². The van der Waals surface area contributed by atoms with Crippen molar-refractivity contribution >= 4 is 5.97 Å². The molecule has 3 heteroatoms. The van der Waals surface area contributed by atoms with Gasteiger partial charge in [-0.3, -0.25) is 10.1 Å². The van der Waals surface area contributed by atoms with Crippen LogP contribution in [0.25, 0.3) is 0 Å². The summed E-state index contributed by atoms with van der Waals surface area (Å²) in [6, 6.07) is 20.1. The average molecular weight is 309 g/mol. The van der Waals surface area contributed by atoms with Crippen molar-refractivity contribution in [3.05, 3.63) is 83.9 Å². The Morgan fingerprint density at radius 3 is 2.04 bits per heavy atom. The summed E-state index contributed by atoms with van der Waals surface area (Å²) in [4.78, 5) is 12.0. The number of nitrogens with one attached hydrogen (secondary N) is 1. The largest absolute Gasteiger partial charge is 0.457 e. The van der Waals surface area contributed by atoms with Gasteiger partial charge in [0.2, 0.25) is 0 Å². The molecule has 0 aliphatic heterocycles. The lowest BCUT2D eigenvalue weighted by molar-refractivity contribution is -0.145. The molecule has 0 spiro atoms. The molecule has 2 aromatic carbocycles. The molecule has 1 N–H and O–H groups in total. The molecule has 0 fully saturated rings. The quantitative estimate of drug-likeness (QED) is 0.623. The van der Waals surface area contributed by atoms with E-state index in [2.05, 4.69) is 29.6 Å². The second-order valence-electron chi connectivity index (χ2n) is 5.36. The number of carbonyl (C=O) groups is 1. The van der Waals surface area contributed by atoms with Gasteiger partial charge in [-0.05, 0) is 31.1 Å². The second kappa shape index (κ2) is 8.91. The van der Waals surface area contributed by atoms with Crippen LogP contribution in [0.1, 0.15) is 31.0 Å². The normalized spacial score (nSPS) is 12.5. The number of hydrogen-bond acceptors (Lipinski definition) is 3. The van der Waals surface area contributed by atoms with Crippen LogP contribution in [0.3, 0.4) is 0 Å². The molecule has 0 aliphatic rings. The van der Waals surface area contributed by atoms with Gasteiger partial charge in [-0.25, -0.2) is 0 Å². The van der Waals surface area contributed by atoms with Crippen molar-refractivity contribution in [1.82, 2.24) is 5.32 Å². The number of ether oxygens (including phenoxy) is 1. The number of rotatable bonds is 7. The first kappa shape index (κ1) is 17.0. The van der Waals surface area contributed by atoms with E-state index in [0.717, 1.165) is 11.1 Å². The highest BCUT2D eigenvalue weighted by molar-refractivity contribution is 5.72.